The fourth-order valence-electron chi connectivity index (χ4n) is 1.38. The zero-order chi connectivity index (χ0) is 12.4. The highest BCUT2D eigenvalue weighted by atomic mass is 32.1. The van der Waals surface area contributed by atoms with Gasteiger partial charge in [0, 0.05) is 22.5 Å². The zero-order valence-corrected chi connectivity index (χ0v) is 11.4. The Labute approximate surface area is 98.2 Å². The molecule has 0 aliphatic carbocycles. The molecule has 0 aromatic carbocycles. The minimum Gasteiger partial charge on any atom is -0.300 e. The van der Waals surface area contributed by atoms with Gasteiger partial charge >= 0.3 is 0 Å². The third-order valence-electron chi connectivity index (χ3n) is 2.57. The molecule has 0 radical (unpaired) electrons. The van der Waals surface area contributed by atoms with Crippen LogP contribution in [-0.4, -0.2) is 16.3 Å². The molecule has 0 saturated heterocycles. The van der Waals surface area contributed by atoms with Crippen molar-refractivity contribution in [2.24, 2.45) is 11.3 Å². The topological polar surface area (TPSA) is 34.1 Å². The summed E-state index contributed by atoms with van der Waals surface area (Å²) in [7, 11) is 0. The van der Waals surface area contributed by atoms with Gasteiger partial charge in [0.25, 0.3) is 0 Å². The Hall–Kier alpha value is -0.310. The number of rotatable bonds is 4. The average molecular weight is 230 g/mol. The van der Waals surface area contributed by atoms with E-state index in [0.717, 1.165) is 0 Å². The van der Waals surface area contributed by atoms with Gasteiger partial charge in [0.15, 0.2) is 0 Å². The maximum Gasteiger partial charge on any atom is 0.138 e. The highest BCUT2D eigenvalue weighted by Gasteiger charge is 2.34. The van der Waals surface area contributed by atoms with Gasteiger partial charge in [-0.2, -0.15) is 12.6 Å². The third kappa shape index (κ3) is 4.83. The van der Waals surface area contributed by atoms with Gasteiger partial charge < -0.3 is 0 Å². The molecule has 3 heteroatoms. The molecule has 1 unspecified atom stereocenters. The minimum atomic E-state index is -0.438. The highest BCUT2D eigenvalue weighted by molar-refractivity contribution is 7.81. The van der Waals surface area contributed by atoms with Gasteiger partial charge in [-0.3, -0.25) is 9.59 Å². The Morgan fingerprint density at radius 1 is 1.13 bits per heavy atom. The molecule has 1 atom stereocenters. The molecule has 0 spiro atoms. The molecule has 0 aromatic heterocycles. The molecule has 0 saturated carbocycles. The van der Waals surface area contributed by atoms with Crippen molar-refractivity contribution in [2.45, 2.75) is 52.7 Å². The number of ketones is 2. The van der Waals surface area contributed by atoms with E-state index < -0.39 is 4.75 Å². The van der Waals surface area contributed by atoms with Gasteiger partial charge in [-0.25, -0.2) is 0 Å². The van der Waals surface area contributed by atoms with Gasteiger partial charge in [-0.15, -0.1) is 0 Å². The van der Waals surface area contributed by atoms with Crippen molar-refractivity contribution in [1.29, 1.82) is 0 Å². The first-order chi connectivity index (χ1) is 6.46. The van der Waals surface area contributed by atoms with E-state index in [1.807, 2.05) is 34.6 Å². The fourth-order valence-corrected chi connectivity index (χ4v) is 1.66. The van der Waals surface area contributed by atoms with Crippen LogP contribution in [-0.2, 0) is 9.59 Å². The number of hydrogen-bond donors (Lipinski definition) is 1. The summed E-state index contributed by atoms with van der Waals surface area (Å²) in [5, 5.41) is 0. The lowest BCUT2D eigenvalue weighted by molar-refractivity contribution is -0.131. The smallest absolute Gasteiger partial charge is 0.138 e. The molecule has 88 valence electrons. The van der Waals surface area contributed by atoms with Crippen molar-refractivity contribution in [3.8, 4) is 0 Å². The van der Waals surface area contributed by atoms with Crippen LogP contribution in [0.3, 0.4) is 0 Å². The lowest BCUT2D eigenvalue weighted by atomic mass is 9.80. The maximum atomic E-state index is 11.8. The van der Waals surface area contributed by atoms with E-state index >= 15 is 0 Å². The van der Waals surface area contributed by atoms with Crippen LogP contribution in [0.1, 0.15) is 48.0 Å². The molecule has 0 heterocycles. The zero-order valence-electron chi connectivity index (χ0n) is 10.5. The van der Waals surface area contributed by atoms with Crippen molar-refractivity contribution < 1.29 is 9.59 Å². The summed E-state index contributed by atoms with van der Waals surface area (Å²) >= 11 is 4.39. The summed E-state index contributed by atoms with van der Waals surface area (Å²) in [5.41, 5.74) is -0.382. The minimum absolute atomic E-state index is 0.0348. The predicted molar refractivity (Wildman–Crippen MR) is 66.3 cm³/mol. The molecule has 15 heavy (non-hydrogen) atoms. The van der Waals surface area contributed by atoms with Crippen LogP contribution in [0.2, 0.25) is 0 Å². The van der Waals surface area contributed by atoms with E-state index in [4.69, 9.17) is 0 Å². The first-order valence-corrected chi connectivity index (χ1v) is 5.67. The Balaban J connectivity index is 4.74. The van der Waals surface area contributed by atoms with E-state index in [9.17, 15) is 9.59 Å². The van der Waals surface area contributed by atoms with E-state index in [1.165, 1.54) is 6.92 Å². The van der Waals surface area contributed by atoms with Crippen LogP contribution in [0.25, 0.3) is 0 Å². The molecule has 0 aliphatic rings. The molecule has 0 fully saturated rings. The number of carbonyl (C=O) groups excluding carboxylic acids is 2. The van der Waals surface area contributed by atoms with E-state index in [1.54, 1.807) is 0 Å². The molecule has 0 N–H and O–H groups in total. The molecule has 0 rings (SSSR count). The van der Waals surface area contributed by atoms with Crippen LogP contribution in [0.4, 0.5) is 0 Å². The third-order valence-corrected chi connectivity index (χ3v) is 2.88. The molecule has 0 aliphatic heterocycles. The fraction of sp³-hybridized carbons (Fsp3) is 0.833. The Morgan fingerprint density at radius 3 is 1.73 bits per heavy atom. The average Bonchev–Trinajstić information content (AvgIpc) is 1.94. The molecule has 0 bridgehead atoms. The van der Waals surface area contributed by atoms with Crippen LogP contribution < -0.4 is 0 Å². The summed E-state index contributed by atoms with van der Waals surface area (Å²) in [6, 6.07) is 0. The van der Waals surface area contributed by atoms with E-state index in [-0.39, 0.29) is 29.3 Å². The van der Waals surface area contributed by atoms with Crippen molar-refractivity contribution in [3.63, 3.8) is 0 Å². The first kappa shape index (κ1) is 14.7. The number of carbonyl (C=O) groups is 2. The summed E-state index contributed by atoms with van der Waals surface area (Å²) in [6.07, 6.45) is 0.287. The number of thiol groups is 1. The van der Waals surface area contributed by atoms with Crippen LogP contribution in [0.15, 0.2) is 0 Å². The van der Waals surface area contributed by atoms with E-state index in [0.29, 0.717) is 0 Å². The summed E-state index contributed by atoms with van der Waals surface area (Å²) in [5.74, 6) is -0.148. The van der Waals surface area contributed by atoms with Crippen molar-refractivity contribution >= 4 is 24.2 Å². The SMILES string of the molecule is CC(=O)C(CC(=O)C(C)(C)C)C(C)(C)S. The quantitative estimate of drug-likeness (QED) is 0.753. The van der Waals surface area contributed by atoms with E-state index in [2.05, 4.69) is 12.6 Å². The molecular formula is C12H22O2S. The van der Waals surface area contributed by atoms with Gasteiger partial charge in [-0.1, -0.05) is 34.6 Å². The van der Waals surface area contributed by atoms with Crippen molar-refractivity contribution in [2.75, 3.05) is 0 Å². The second-order valence-electron chi connectivity index (χ2n) is 5.69. The second kappa shape index (κ2) is 4.69. The Bertz CT molecular complexity index is 256. The number of Topliss-reactive ketones (excluding diaryl/α,β-unsaturated/α-hetero) is 2. The van der Waals surface area contributed by atoms with Crippen molar-refractivity contribution in [1.82, 2.24) is 0 Å². The Kier molecular flexibility index (Phi) is 4.59. The Morgan fingerprint density at radius 2 is 1.53 bits per heavy atom. The number of hydrogen-bond acceptors (Lipinski definition) is 3. The van der Waals surface area contributed by atoms with Gasteiger partial charge in [0.1, 0.15) is 11.6 Å². The summed E-state index contributed by atoms with van der Waals surface area (Å²) in [4.78, 5) is 23.3. The van der Waals surface area contributed by atoms with Gasteiger partial charge in [0.05, 0.1) is 0 Å². The standard InChI is InChI=1S/C12H22O2S/c1-8(13)9(12(5,6)15)7-10(14)11(2,3)4/h9,15H,7H2,1-6H3. The summed E-state index contributed by atoms with van der Waals surface area (Å²) < 4.78 is -0.438. The first-order valence-electron chi connectivity index (χ1n) is 5.22. The lowest BCUT2D eigenvalue weighted by Crippen LogP contribution is -2.35. The molecule has 0 aromatic rings. The molecule has 0 amide bonds. The van der Waals surface area contributed by atoms with Gasteiger partial charge in [0.2, 0.25) is 0 Å². The van der Waals surface area contributed by atoms with Crippen molar-refractivity contribution in [3.05, 3.63) is 0 Å². The van der Waals surface area contributed by atoms with Crippen LogP contribution in [0, 0.1) is 11.3 Å². The largest absolute Gasteiger partial charge is 0.300 e. The maximum absolute atomic E-state index is 11.8. The van der Waals surface area contributed by atoms with Crippen LogP contribution >= 0.6 is 12.6 Å². The summed E-state index contributed by atoms with van der Waals surface area (Å²) in [6.45, 7) is 10.9. The van der Waals surface area contributed by atoms with Gasteiger partial charge in [-0.05, 0) is 6.92 Å². The molecular weight excluding hydrogens is 208 g/mol. The second-order valence-corrected chi connectivity index (χ2v) is 6.85. The monoisotopic (exact) mass is 230 g/mol. The van der Waals surface area contributed by atoms with Crippen LogP contribution in [0.5, 0.6) is 0 Å². The molecule has 2 nitrogen and oxygen atoms in total. The highest BCUT2D eigenvalue weighted by Crippen LogP contribution is 2.30. The predicted octanol–water partition coefficient (Wildman–Crippen LogP) is 2.91. The normalized spacial score (nSPS) is 14.9. The lowest BCUT2D eigenvalue weighted by Gasteiger charge is -2.29.